The predicted molar refractivity (Wildman–Crippen MR) is 113 cm³/mol. The monoisotopic (exact) mass is 403 g/mol. The molecule has 0 aliphatic rings. The Morgan fingerprint density at radius 3 is 2.31 bits per heavy atom. The molecule has 29 heavy (non-hydrogen) atoms. The van der Waals surface area contributed by atoms with Crippen LogP contribution in [0.4, 0.5) is 11.4 Å². The summed E-state index contributed by atoms with van der Waals surface area (Å²) in [6.45, 7) is 0. The smallest absolute Gasteiger partial charge is 0.291 e. The highest BCUT2D eigenvalue weighted by Gasteiger charge is 2.11. The van der Waals surface area contributed by atoms with Gasteiger partial charge in [-0.3, -0.25) is 9.59 Å². The summed E-state index contributed by atoms with van der Waals surface area (Å²) in [6.07, 6.45) is 1.64. The van der Waals surface area contributed by atoms with E-state index in [0.29, 0.717) is 11.4 Å². The van der Waals surface area contributed by atoms with Crippen molar-refractivity contribution >= 4 is 34.5 Å². The Morgan fingerprint density at radius 2 is 1.62 bits per heavy atom. The number of hydrogen-bond donors (Lipinski definition) is 2. The van der Waals surface area contributed by atoms with E-state index in [1.165, 1.54) is 17.6 Å². The van der Waals surface area contributed by atoms with E-state index in [2.05, 4.69) is 15.6 Å². The van der Waals surface area contributed by atoms with Gasteiger partial charge in [0.25, 0.3) is 5.91 Å². The van der Waals surface area contributed by atoms with Gasteiger partial charge in [-0.2, -0.15) is 0 Å². The van der Waals surface area contributed by atoms with Gasteiger partial charge in [-0.15, -0.1) is 11.3 Å². The molecule has 0 spiro atoms. The number of furan rings is 1. The van der Waals surface area contributed by atoms with E-state index in [1.807, 2.05) is 35.7 Å². The van der Waals surface area contributed by atoms with Crippen LogP contribution in [-0.2, 0) is 11.2 Å². The highest BCUT2D eigenvalue weighted by molar-refractivity contribution is 7.13. The highest BCUT2D eigenvalue weighted by Crippen LogP contribution is 2.23. The molecule has 144 valence electrons. The van der Waals surface area contributed by atoms with Crippen molar-refractivity contribution in [2.75, 3.05) is 10.6 Å². The molecule has 2 aromatic heterocycles. The van der Waals surface area contributed by atoms with Crippen LogP contribution in [0.3, 0.4) is 0 Å². The Labute approximate surface area is 171 Å². The molecule has 0 bridgehead atoms. The summed E-state index contributed by atoms with van der Waals surface area (Å²) in [4.78, 5) is 28.8. The average Bonchev–Trinajstić information content (AvgIpc) is 3.42. The van der Waals surface area contributed by atoms with E-state index >= 15 is 0 Å². The largest absolute Gasteiger partial charge is 0.459 e. The first kappa shape index (κ1) is 18.6. The second kappa shape index (κ2) is 8.53. The van der Waals surface area contributed by atoms with Gasteiger partial charge in [0.1, 0.15) is 5.01 Å². The minimum Gasteiger partial charge on any atom is -0.459 e. The molecule has 0 saturated heterocycles. The molecule has 0 fully saturated rings. The molecule has 0 radical (unpaired) electrons. The van der Waals surface area contributed by atoms with Gasteiger partial charge in [-0.05, 0) is 36.4 Å². The van der Waals surface area contributed by atoms with Gasteiger partial charge in [-0.25, -0.2) is 4.98 Å². The molecule has 2 amide bonds. The molecule has 2 aromatic carbocycles. The van der Waals surface area contributed by atoms with Gasteiger partial charge >= 0.3 is 0 Å². The first-order valence-electron chi connectivity index (χ1n) is 8.92. The summed E-state index contributed by atoms with van der Waals surface area (Å²) in [5.74, 6) is -0.243. The quantitative estimate of drug-likeness (QED) is 0.483. The highest BCUT2D eigenvalue weighted by atomic mass is 32.1. The van der Waals surface area contributed by atoms with Gasteiger partial charge in [0.2, 0.25) is 5.91 Å². The van der Waals surface area contributed by atoms with Gasteiger partial charge < -0.3 is 15.1 Å². The van der Waals surface area contributed by atoms with Crippen molar-refractivity contribution in [1.82, 2.24) is 4.98 Å². The number of amides is 2. The molecule has 0 atom stereocenters. The first-order valence-corrected chi connectivity index (χ1v) is 9.80. The van der Waals surface area contributed by atoms with E-state index in [1.54, 1.807) is 36.4 Å². The Bertz CT molecular complexity index is 1100. The van der Waals surface area contributed by atoms with Crippen molar-refractivity contribution in [3.63, 3.8) is 0 Å². The molecular weight excluding hydrogens is 386 g/mol. The van der Waals surface area contributed by atoms with Crippen LogP contribution in [0.5, 0.6) is 0 Å². The van der Waals surface area contributed by atoms with Gasteiger partial charge in [-0.1, -0.05) is 30.3 Å². The molecule has 2 heterocycles. The number of nitrogens with one attached hydrogen (secondary N) is 2. The number of nitrogens with zero attached hydrogens (tertiary/aromatic N) is 1. The van der Waals surface area contributed by atoms with Crippen LogP contribution in [0.1, 0.15) is 16.2 Å². The lowest BCUT2D eigenvalue weighted by Gasteiger charge is -2.07. The van der Waals surface area contributed by atoms with Crippen molar-refractivity contribution in [3.8, 4) is 10.6 Å². The van der Waals surface area contributed by atoms with Gasteiger partial charge in [0.05, 0.1) is 18.4 Å². The zero-order valence-electron chi connectivity index (χ0n) is 15.3. The Balaban J connectivity index is 1.33. The molecule has 0 unspecified atom stereocenters. The molecular formula is C22H17N3O3S. The van der Waals surface area contributed by atoms with E-state index in [-0.39, 0.29) is 24.0 Å². The van der Waals surface area contributed by atoms with Gasteiger partial charge in [0.15, 0.2) is 5.76 Å². The van der Waals surface area contributed by atoms with Crippen molar-refractivity contribution in [3.05, 3.63) is 89.8 Å². The average molecular weight is 403 g/mol. The van der Waals surface area contributed by atoms with Crippen LogP contribution in [0.15, 0.2) is 82.8 Å². The van der Waals surface area contributed by atoms with E-state index in [9.17, 15) is 9.59 Å². The SMILES string of the molecule is O=C(Cc1csc(-c2ccccc2)n1)Nc1ccc(NC(=O)c2ccco2)cc1. The second-order valence-corrected chi connectivity index (χ2v) is 7.10. The molecule has 0 aliphatic heterocycles. The fraction of sp³-hybridized carbons (Fsp3) is 0.0455. The number of anilines is 2. The van der Waals surface area contributed by atoms with Crippen LogP contribution >= 0.6 is 11.3 Å². The predicted octanol–water partition coefficient (Wildman–Crippen LogP) is 4.84. The minimum absolute atomic E-state index is 0.151. The Kier molecular flexibility index (Phi) is 5.49. The number of rotatable bonds is 6. The minimum atomic E-state index is -0.329. The summed E-state index contributed by atoms with van der Waals surface area (Å²) in [7, 11) is 0. The zero-order valence-corrected chi connectivity index (χ0v) is 16.1. The van der Waals surface area contributed by atoms with E-state index < -0.39 is 0 Å². The summed E-state index contributed by atoms with van der Waals surface area (Å²) in [5, 5.41) is 8.36. The van der Waals surface area contributed by atoms with Crippen LogP contribution in [0.25, 0.3) is 10.6 Å². The standard InChI is InChI=1S/C22H17N3O3S/c26-20(13-18-14-29-22(25-18)15-5-2-1-3-6-15)23-16-8-10-17(11-9-16)24-21(27)19-7-4-12-28-19/h1-12,14H,13H2,(H,23,26)(H,24,27). The number of aromatic nitrogens is 1. The van der Waals surface area contributed by atoms with Crippen LogP contribution in [0, 0.1) is 0 Å². The summed E-state index contributed by atoms with van der Waals surface area (Å²) in [5.41, 5.74) is 3.02. The topological polar surface area (TPSA) is 84.2 Å². The second-order valence-electron chi connectivity index (χ2n) is 6.24. The van der Waals surface area contributed by atoms with Crippen molar-refractivity contribution in [2.45, 2.75) is 6.42 Å². The van der Waals surface area contributed by atoms with Crippen molar-refractivity contribution in [2.24, 2.45) is 0 Å². The third kappa shape index (κ3) is 4.77. The Morgan fingerprint density at radius 1 is 0.897 bits per heavy atom. The zero-order chi connectivity index (χ0) is 20.1. The molecule has 2 N–H and O–H groups in total. The van der Waals surface area contributed by atoms with Crippen molar-refractivity contribution in [1.29, 1.82) is 0 Å². The van der Waals surface area contributed by atoms with E-state index in [4.69, 9.17) is 4.42 Å². The maximum Gasteiger partial charge on any atom is 0.291 e. The van der Waals surface area contributed by atoms with Crippen molar-refractivity contribution < 1.29 is 14.0 Å². The molecule has 6 nitrogen and oxygen atoms in total. The Hall–Kier alpha value is -3.71. The molecule has 4 aromatic rings. The molecule has 7 heteroatoms. The summed E-state index contributed by atoms with van der Waals surface area (Å²) in [6, 6.07) is 20.0. The van der Waals surface area contributed by atoms with E-state index in [0.717, 1.165) is 16.3 Å². The lowest BCUT2D eigenvalue weighted by atomic mass is 10.2. The van der Waals surface area contributed by atoms with Crippen LogP contribution in [0.2, 0.25) is 0 Å². The first-order chi connectivity index (χ1) is 14.2. The number of thiazole rings is 1. The third-order valence-electron chi connectivity index (χ3n) is 4.09. The molecule has 4 rings (SSSR count). The number of benzene rings is 2. The third-order valence-corrected chi connectivity index (χ3v) is 5.03. The van der Waals surface area contributed by atoms with Crippen LogP contribution in [-0.4, -0.2) is 16.8 Å². The maximum atomic E-state index is 12.3. The summed E-state index contributed by atoms with van der Waals surface area (Å²) >= 11 is 1.52. The number of hydrogen-bond acceptors (Lipinski definition) is 5. The number of carbonyl (C=O) groups is 2. The van der Waals surface area contributed by atoms with Gasteiger partial charge in [0, 0.05) is 22.3 Å². The van der Waals surface area contributed by atoms with Crippen LogP contribution < -0.4 is 10.6 Å². The normalized spacial score (nSPS) is 10.5. The fourth-order valence-electron chi connectivity index (χ4n) is 2.71. The fourth-order valence-corrected chi connectivity index (χ4v) is 3.53. The molecule has 0 saturated carbocycles. The lowest BCUT2D eigenvalue weighted by molar-refractivity contribution is -0.115. The number of carbonyl (C=O) groups excluding carboxylic acids is 2. The lowest BCUT2D eigenvalue weighted by Crippen LogP contribution is -2.15. The maximum absolute atomic E-state index is 12.3. The summed E-state index contributed by atoms with van der Waals surface area (Å²) < 4.78 is 5.06. The molecule has 0 aliphatic carbocycles.